The Bertz CT molecular complexity index is 480. The van der Waals surface area contributed by atoms with Gasteiger partial charge in [-0.1, -0.05) is 12.1 Å². The van der Waals surface area contributed by atoms with E-state index in [0.29, 0.717) is 11.1 Å². The minimum absolute atomic E-state index is 0.0355. The molecule has 0 bridgehead atoms. The molecular formula is C13H16N2O3. The summed E-state index contributed by atoms with van der Waals surface area (Å²) in [7, 11) is 0. The molecule has 0 spiro atoms. The van der Waals surface area contributed by atoms with Crippen LogP contribution in [-0.2, 0) is 4.79 Å². The number of carbonyl (C=O) groups excluding carboxylic acids is 1. The summed E-state index contributed by atoms with van der Waals surface area (Å²) in [5.41, 5.74) is 1.72. The van der Waals surface area contributed by atoms with Gasteiger partial charge in [0.15, 0.2) is 0 Å². The molecule has 96 valence electrons. The van der Waals surface area contributed by atoms with Crippen LogP contribution in [0.2, 0.25) is 0 Å². The Morgan fingerprint density at radius 1 is 1.50 bits per heavy atom. The fourth-order valence-electron chi connectivity index (χ4n) is 1.53. The lowest BCUT2D eigenvalue weighted by Crippen LogP contribution is -2.34. The normalized spacial score (nSPS) is 13.5. The molecule has 0 aromatic heterocycles. The van der Waals surface area contributed by atoms with Gasteiger partial charge < -0.3 is 15.5 Å². The van der Waals surface area contributed by atoms with Crippen LogP contribution in [0.25, 0.3) is 0 Å². The average Bonchev–Trinajstić information content (AvgIpc) is 2.35. The maximum atomic E-state index is 10.7. The molecule has 1 rings (SSSR count). The molecule has 5 nitrogen and oxygen atoms in total. The Labute approximate surface area is 106 Å². The van der Waals surface area contributed by atoms with Crippen LogP contribution in [0.3, 0.4) is 0 Å². The number of hydrogen-bond donors (Lipinski definition) is 3. The highest BCUT2D eigenvalue weighted by Gasteiger charge is 2.19. The first-order valence-electron chi connectivity index (χ1n) is 5.57. The summed E-state index contributed by atoms with van der Waals surface area (Å²) in [5.74, 6) is -0.275. The summed E-state index contributed by atoms with van der Waals surface area (Å²) >= 11 is 0. The number of benzene rings is 1. The van der Waals surface area contributed by atoms with Gasteiger partial charge in [0.1, 0.15) is 12.2 Å². The predicted molar refractivity (Wildman–Crippen MR) is 65.5 cm³/mol. The third kappa shape index (κ3) is 3.55. The number of amides is 1. The van der Waals surface area contributed by atoms with E-state index >= 15 is 0 Å². The molecule has 0 aliphatic rings. The van der Waals surface area contributed by atoms with Crippen molar-refractivity contribution in [3.8, 4) is 6.07 Å². The van der Waals surface area contributed by atoms with Gasteiger partial charge in [0.05, 0.1) is 11.6 Å². The lowest BCUT2D eigenvalue weighted by molar-refractivity contribution is -0.119. The summed E-state index contributed by atoms with van der Waals surface area (Å²) in [6.07, 6.45) is -2.24. The largest absolute Gasteiger partial charge is 0.388 e. The van der Waals surface area contributed by atoms with E-state index in [1.54, 1.807) is 19.1 Å². The molecular weight excluding hydrogens is 232 g/mol. The molecule has 18 heavy (non-hydrogen) atoms. The average molecular weight is 248 g/mol. The Balaban J connectivity index is 2.80. The first-order valence-corrected chi connectivity index (χ1v) is 5.57. The number of aliphatic hydroxyl groups excluding tert-OH is 2. The van der Waals surface area contributed by atoms with Gasteiger partial charge in [0.25, 0.3) is 0 Å². The Morgan fingerprint density at radius 2 is 2.17 bits per heavy atom. The van der Waals surface area contributed by atoms with Crippen molar-refractivity contribution in [1.29, 1.82) is 5.26 Å². The summed E-state index contributed by atoms with van der Waals surface area (Å²) < 4.78 is 0. The van der Waals surface area contributed by atoms with Gasteiger partial charge in [0.2, 0.25) is 5.91 Å². The Kier molecular flexibility index (Phi) is 4.84. The summed E-state index contributed by atoms with van der Waals surface area (Å²) in [6, 6.07) is 6.92. The quantitative estimate of drug-likeness (QED) is 0.719. The molecule has 0 saturated carbocycles. The minimum Gasteiger partial charge on any atom is -0.388 e. The van der Waals surface area contributed by atoms with Crippen molar-refractivity contribution in [1.82, 2.24) is 5.32 Å². The number of nitrogens with one attached hydrogen (secondary N) is 1. The number of nitriles is 1. The minimum atomic E-state index is -1.13. The first kappa shape index (κ1) is 14.2. The molecule has 5 heteroatoms. The molecule has 3 N–H and O–H groups in total. The van der Waals surface area contributed by atoms with Crippen molar-refractivity contribution in [2.24, 2.45) is 0 Å². The number of rotatable bonds is 4. The van der Waals surface area contributed by atoms with Crippen LogP contribution >= 0.6 is 0 Å². The number of aliphatic hydroxyl groups is 2. The molecule has 0 heterocycles. The smallest absolute Gasteiger partial charge is 0.216 e. The molecule has 0 fully saturated rings. The Hall–Kier alpha value is -1.90. The fourth-order valence-corrected chi connectivity index (χ4v) is 1.53. The molecule has 0 aliphatic heterocycles. The van der Waals surface area contributed by atoms with Gasteiger partial charge in [-0.3, -0.25) is 4.79 Å². The molecule has 1 aromatic rings. The molecule has 0 aliphatic carbocycles. The third-order valence-corrected chi connectivity index (χ3v) is 2.65. The van der Waals surface area contributed by atoms with Gasteiger partial charge in [-0.2, -0.15) is 5.26 Å². The van der Waals surface area contributed by atoms with Crippen LogP contribution in [0.4, 0.5) is 0 Å². The second-order valence-electron chi connectivity index (χ2n) is 4.14. The van der Waals surface area contributed by atoms with Gasteiger partial charge >= 0.3 is 0 Å². The van der Waals surface area contributed by atoms with Crippen molar-refractivity contribution in [3.05, 3.63) is 34.9 Å². The van der Waals surface area contributed by atoms with Crippen molar-refractivity contribution in [2.45, 2.75) is 26.1 Å². The highest BCUT2D eigenvalue weighted by atomic mass is 16.3. The van der Waals surface area contributed by atoms with E-state index in [2.05, 4.69) is 5.32 Å². The third-order valence-electron chi connectivity index (χ3n) is 2.65. The lowest BCUT2D eigenvalue weighted by atomic mass is 9.99. The van der Waals surface area contributed by atoms with E-state index in [1.165, 1.54) is 13.0 Å². The van der Waals surface area contributed by atoms with E-state index in [4.69, 9.17) is 5.26 Å². The highest BCUT2D eigenvalue weighted by molar-refractivity contribution is 5.72. The molecule has 2 unspecified atom stereocenters. The number of hydrogen-bond acceptors (Lipinski definition) is 4. The zero-order valence-corrected chi connectivity index (χ0v) is 10.3. The van der Waals surface area contributed by atoms with Crippen LogP contribution in [0, 0.1) is 18.3 Å². The van der Waals surface area contributed by atoms with E-state index in [9.17, 15) is 15.0 Å². The maximum absolute atomic E-state index is 10.7. The molecule has 1 aromatic carbocycles. The van der Waals surface area contributed by atoms with Gasteiger partial charge in [-0.05, 0) is 24.1 Å². The van der Waals surface area contributed by atoms with Crippen molar-refractivity contribution in [3.63, 3.8) is 0 Å². The van der Waals surface area contributed by atoms with E-state index in [0.717, 1.165) is 5.56 Å². The SMILES string of the molecule is CC(=O)NCC(O)C(O)c1ccc(C)c(C#N)c1. The van der Waals surface area contributed by atoms with E-state index in [1.807, 2.05) is 6.07 Å². The topological polar surface area (TPSA) is 93.3 Å². The van der Waals surface area contributed by atoms with Crippen LogP contribution in [-0.4, -0.2) is 28.8 Å². The summed E-state index contributed by atoms with van der Waals surface area (Å²) in [4.78, 5) is 10.7. The zero-order chi connectivity index (χ0) is 13.7. The van der Waals surface area contributed by atoms with Crippen molar-refractivity contribution < 1.29 is 15.0 Å². The second-order valence-corrected chi connectivity index (χ2v) is 4.14. The Morgan fingerprint density at radius 3 is 2.72 bits per heavy atom. The van der Waals surface area contributed by atoms with Gasteiger partial charge in [-0.25, -0.2) is 0 Å². The monoisotopic (exact) mass is 248 g/mol. The fraction of sp³-hybridized carbons (Fsp3) is 0.385. The van der Waals surface area contributed by atoms with Crippen LogP contribution in [0.15, 0.2) is 18.2 Å². The summed E-state index contributed by atoms with van der Waals surface area (Å²) in [6.45, 7) is 3.09. The second kappa shape index (κ2) is 6.15. The number of nitrogens with zero attached hydrogens (tertiary/aromatic N) is 1. The van der Waals surface area contributed by atoms with E-state index < -0.39 is 12.2 Å². The van der Waals surface area contributed by atoms with Crippen LogP contribution in [0.5, 0.6) is 0 Å². The number of carbonyl (C=O) groups is 1. The van der Waals surface area contributed by atoms with Crippen molar-refractivity contribution in [2.75, 3.05) is 6.54 Å². The predicted octanol–water partition coefficient (Wildman–Crippen LogP) is 0.397. The van der Waals surface area contributed by atoms with Crippen LogP contribution < -0.4 is 5.32 Å². The van der Waals surface area contributed by atoms with Gasteiger partial charge in [0, 0.05) is 13.5 Å². The summed E-state index contributed by atoms with van der Waals surface area (Å²) in [5, 5.41) is 30.9. The van der Waals surface area contributed by atoms with Crippen molar-refractivity contribution >= 4 is 5.91 Å². The molecule has 1 amide bonds. The lowest BCUT2D eigenvalue weighted by Gasteiger charge is -2.18. The zero-order valence-electron chi connectivity index (χ0n) is 10.3. The molecule has 0 saturated heterocycles. The highest BCUT2D eigenvalue weighted by Crippen LogP contribution is 2.19. The maximum Gasteiger partial charge on any atom is 0.216 e. The van der Waals surface area contributed by atoms with E-state index in [-0.39, 0.29) is 12.5 Å². The first-order chi connectivity index (χ1) is 8.45. The standard InChI is InChI=1S/C13H16N2O3/c1-8-3-4-10(5-11(8)6-14)13(18)12(17)7-15-9(2)16/h3-5,12-13,17-18H,7H2,1-2H3,(H,15,16). The van der Waals surface area contributed by atoms with Crippen LogP contribution in [0.1, 0.15) is 29.7 Å². The molecule has 2 atom stereocenters. The molecule has 0 radical (unpaired) electrons. The van der Waals surface area contributed by atoms with Gasteiger partial charge in [-0.15, -0.1) is 0 Å². The number of aryl methyl sites for hydroxylation is 1.